The van der Waals surface area contributed by atoms with Gasteiger partial charge in [-0.3, -0.25) is 14.3 Å². The molecule has 3 rings (SSSR count). The van der Waals surface area contributed by atoms with Gasteiger partial charge in [0.25, 0.3) is 0 Å². The molecule has 0 bridgehead atoms. The van der Waals surface area contributed by atoms with Gasteiger partial charge in [-0.05, 0) is 64.7 Å². The fraction of sp³-hybridized carbons (Fsp3) is 0.364. The Morgan fingerprint density at radius 3 is 2.47 bits per heavy atom. The number of carbonyl (C=O) groups is 2. The van der Waals surface area contributed by atoms with Crippen molar-refractivity contribution < 1.29 is 18.7 Å². The largest absolute Gasteiger partial charge is 0.465 e. The molecule has 0 saturated carbocycles. The number of Topliss-reactive ketones (excluding diaryl/α,β-unsaturated/α-hetero) is 1. The number of halogens is 1. The Balaban J connectivity index is 1.91. The molecule has 0 aliphatic heterocycles. The minimum Gasteiger partial charge on any atom is -0.465 e. The number of methoxy groups -OCH3 is 1. The maximum Gasteiger partial charge on any atom is 0.339 e. The highest BCUT2D eigenvalue weighted by molar-refractivity contribution is 7.99. The summed E-state index contributed by atoms with van der Waals surface area (Å²) in [6, 6.07) is 5.99. The molecule has 1 aromatic carbocycles. The molecule has 0 radical (unpaired) electrons. The summed E-state index contributed by atoms with van der Waals surface area (Å²) in [5.41, 5.74) is 2.58. The number of aryl methyl sites for hydroxylation is 1. The molecule has 2 heterocycles. The summed E-state index contributed by atoms with van der Waals surface area (Å²) in [7, 11) is 5.17. The van der Waals surface area contributed by atoms with Gasteiger partial charge >= 0.3 is 5.97 Å². The van der Waals surface area contributed by atoms with Gasteiger partial charge in [-0.1, -0.05) is 11.8 Å². The van der Waals surface area contributed by atoms with Crippen molar-refractivity contribution in [2.24, 2.45) is 0 Å². The van der Waals surface area contributed by atoms with E-state index in [1.807, 2.05) is 30.5 Å². The molecule has 3 aromatic rings. The first kappa shape index (κ1) is 23.7. The molecular weight excluding hydrogens is 433 g/mol. The molecule has 0 saturated heterocycles. The minimum atomic E-state index is -0.485. The van der Waals surface area contributed by atoms with Gasteiger partial charge in [-0.2, -0.15) is 0 Å². The Morgan fingerprint density at radius 1 is 1.22 bits per heavy atom. The predicted octanol–water partition coefficient (Wildman–Crippen LogP) is 3.74. The highest BCUT2D eigenvalue weighted by atomic mass is 32.2. The number of rotatable bonds is 8. The highest BCUT2D eigenvalue weighted by Gasteiger charge is 2.25. The lowest BCUT2D eigenvalue weighted by molar-refractivity contribution is 0.0599. The average molecular weight is 460 g/mol. The van der Waals surface area contributed by atoms with Gasteiger partial charge in [0.15, 0.2) is 16.8 Å². The van der Waals surface area contributed by atoms with Crippen LogP contribution in [-0.2, 0) is 4.74 Å². The van der Waals surface area contributed by atoms with Gasteiger partial charge in [-0.25, -0.2) is 9.18 Å². The SMILES string of the molecule is COC(=O)c1c(C)[nH]c(C(=O)CSc2nnc([C@@H](C)N(C)C)n2-c2ccc(F)cc2)c1C. The van der Waals surface area contributed by atoms with Crippen LogP contribution in [0.4, 0.5) is 4.39 Å². The molecule has 10 heteroatoms. The summed E-state index contributed by atoms with van der Waals surface area (Å²) in [4.78, 5) is 29.9. The Labute approximate surface area is 190 Å². The lowest BCUT2D eigenvalue weighted by Crippen LogP contribution is -2.20. The number of H-pyrrole nitrogens is 1. The van der Waals surface area contributed by atoms with Crippen molar-refractivity contribution in [1.29, 1.82) is 0 Å². The average Bonchev–Trinajstić information content (AvgIpc) is 3.32. The van der Waals surface area contributed by atoms with Crippen molar-refractivity contribution in [1.82, 2.24) is 24.6 Å². The third-order valence-electron chi connectivity index (χ3n) is 5.33. The molecule has 170 valence electrons. The quantitative estimate of drug-likeness (QED) is 0.312. The van der Waals surface area contributed by atoms with E-state index in [9.17, 15) is 14.0 Å². The van der Waals surface area contributed by atoms with E-state index in [0.717, 1.165) is 0 Å². The van der Waals surface area contributed by atoms with Gasteiger partial charge < -0.3 is 9.72 Å². The maximum absolute atomic E-state index is 13.5. The molecule has 0 amide bonds. The first-order valence-corrected chi connectivity index (χ1v) is 10.9. The summed E-state index contributed by atoms with van der Waals surface area (Å²) in [6.45, 7) is 5.43. The van der Waals surface area contributed by atoms with Crippen molar-refractivity contribution in [2.75, 3.05) is 27.0 Å². The molecule has 8 nitrogen and oxygen atoms in total. The zero-order valence-corrected chi connectivity index (χ0v) is 19.7. The van der Waals surface area contributed by atoms with E-state index in [1.165, 1.54) is 31.0 Å². The number of aromatic amines is 1. The van der Waals surface area contributed by atoms with Crippen LogP contribution in [0, 0.1) is 19.7 Å². The Morgan fingerprint density at radius 2 is 1.88 bits per heavy atom. The van der Waals surface area contributed by atoms with Crippen LogP contribution in [-0.4, -0.2) is 63.4 Å². The predicted molar refractivity (Wildman–Crippen MR) is 120 cm³/mol. The second-order valence-electron chi connectivity index (χ2n) is 7.62. The van der Waals surface area contributed by atoms with Crippen LogP contribution >= 0.6 is 11.8 Å². The van der Waals surface area contributed by atoms with Gasteiger partial charge in [0.1, 0.15) is 5.82 Å². The molecule has 0 spiro atoms. The van der Waals surface area contributed by atoms with Crippen LogP contribution in [0.25, 0.3) is 5.69 Å². The molecule has 0 unspecified atom stereocenters. The molecule has 1 atom stereocenters. The third-order valence-corrected chi connectivity index (χ3v) is 6.26. The third kappa shape index (κ3) is 4.61. The number of benzene rings is 1. The van der Waals surface area contributed by atoms with E-state index in [2.05, 4.69) is 15.2 Å². The lowest BCUT2D eigenvalue weighted by Gasteiger charge is -2.20. The van der Waals surface area contributed by atoms with Crippen LogP contribution in [0.15, 0.2) is 29.4 Å². The van der Waals surface area contributed by atoms with Crippen molar-refractivity contribution in [3.63, 3.8) is 0 Å². The first-order chi connectivity index (χ1) is 15.1. The molecule has 0 fully saturated rings. The Bertz CT molecular complexity index is 1140. The van der Waals surface area contributed by atoms with E-state index < -0.39 is 5.97 Å². The fourth-order valence-electron chi connectivity index (χ4n) is 3.35. The molecular formula is C22H26FN5O3S. The van der Waals surface area contributed by atoms with Crippen LogP contribution in [0.1, 0.15) is 50.9 Å². The van der Waals surface area contributed by atoms with Crippen LogP contribution < -0.4 is 0 Å². The van der Waals surface area contributed by atoms with Gasteiger partial charge in [-0.15, -0.1) is 10.2 Å². The van der Waals surface area contributed by atoms with Crippen LogP contribution in [0.3, 0.4) is 0 Å². The molecule has 0 aliphatic carbocycles. The number of hydrogen-bond donors (Lipinski definition) is 1. The number of hydrogen-bond acceptors (Lipinski definition) is 7. The number of carbonyl (C=O) groups excluding carboxylic acids is 2. The van der Waals surface area contributed by atoms with Crippen molar-refractivity contribution >= 4 is 23.5 Å². The summed E-state index contributed by atoms with van der Waals surface area (Å²) in [5.74, 6) is -0.247. The zero-order valence-electron chi connectivity index (χ0n) is 18.9. The topological polar surface area (TPSA) is 93.1 Å². The van der Waals surface area contributed by atoms with Crippen molar-refractivity contribution in [3.05, 3.63) is 58.4 Å². The lowest BCUT2D eigenvalue weighted by atomic mass is 10.1. The van der Waals surface area contributed by atoms with E-state index in [4.69, 9.17) is 4.74 Å². The highest BCUT2D eigenvalue weighted by Crippen LogP contribution is 2.28. The number of esters is 1. The molecule has 0 aliphatic rings. The van der Waals surface area contributed by atoms with Gasteiger partial charge in [0.2, 0.25) is 0 Å². The van der Waals surface area contributed by atoms with E-state index in [1.54, 1.807) is 26.0 Å². The van der Waals surface area contributed by atoms with E-state index in [-0.39, 0.29) is 23.4 Å². The second kappa shape index (κ2) is 9.66. The monoisotopic (exact) mass is 459 g/mol. The molecule has 1 N–H and O–H groups in total. The van der Waals surface area contributed by atoms with Crippen LogP contribution in [0.5, 0.6) is 0 Å². The number of thioether (sulfide) groups is 1. The molecule has 32 heavy (non-hydrogen) atoms. The first-order valence-electron chi connectivity index (χ1n) is 9.96. The number of nitrogens with zero attached hydrogens (tertiary/aromatic N) is 4. The van der Waals surface area contributed by atoms with Gasteiger partial charge in [0, 0.05) is 11.4 Å². The normalized spacial score (nSPS) is 12.2. The number of nitrogens with one attached hydrogen (secondary N) is 1. The maximum atomic E-state index is 13.5. The summed E-state index contributed by atoms with van der Waals surface area (Å²) in [5, 5.41) is 9.14. The summed E-state index contributed by atoms with van der Waals surface area (Å²) >= 11 is 1.23. The Hall–Kier alpha value is -2.98. The minimum absolute atomic E-state index is 0.0616. The summed E-state index contributed by atoms with van der Waals surface area (Å²) < 4.78 is 20.1. The smallest absolute Gasteiger partial charge is 0.339 e. The van der Waals surface area contributed by atoms with Crippen molar-refractivity contribution in [3.8, 4) is 5.69 Å². The number of aromatic nitrogens is 4. The second-order valence-corrected chi connectivity index (χ2v) is 8.56. The Kier molecular flexibility index (Phi) is 7.15. The fourth-order valence-corrected chi connectivity index (χ4v) is 4.18. The van der Waals surface area contributed by atoms with E-state index >= 15 is 0 Å². The van der Waals surface area contributed by atoms with E-state index in [0.29, 0.717) is 39.2 Å². The van der Waals surface area contributed by atoms with Crippen LogP contribution in [0.2, 0.25) is 0 Å². The molecule has 2 aromatic heterocycles. The number of ether oxygens (including phenoxy) is 1. The standard InChI is InChI=1S/C22H26FN5O3S/c1-12-18(21(30)31-6)13(2)24-19(12)17(29)11-32-22-26-25-20(14(3)27(4)5)28(22)16-9-7-15(23)8-10-16/h7-10,14,24H,11H2,1-6H3/t14-/m1/s1. The zero-order chi connectivity index (χ0) is 23.6. The summed E-state index contributed by atoms with van der Waals surface area (Å²) in [6.07, 6.45) is 0. The number of ketones is 1. The van der Waals surface area contributed by atoms with Gasteiger partial charge in [0.05, 0.1) is 30.2 Å². The van der Waals surface area contributed by atoms with Crippen molar-refractivity contribution in [2.45, 2.75) is 32.0 Å².